The summed E-state index contributed by atoms with van der Waals surface area (Å²) in [5.41, 5.74) is 2.27. The van der Waals surface area contributed by atoms with Crippen LogP contribution in [-0.4, -0.2) is 131 Å². The van der Waals surface area contributed by atoms with Gasteiger partial charge in [-0.2, -0.15) is 9.78 Å². The highest BCUT2D eigenvalue weighted by Crippen LogP contribution is 2.34. The number of benzene rings is 1. The van der Waals surface area contributed by atoms with Crippen LogP contribution in [0.4, 0.5) is 10.1 Å². The SMILES string of the molecule is C=NCc1cnc2c(cnn2-c2cc(NC3CC3)c(C(=O)NCC(F)COCCOCCNC(=O)COc3cccc4c3C(=O)N(C3CCC(=O)NC3=O)C4=O)cn2)c1. The molecule has 2 fully saturated rings. The molecule has 1 aliphatic carbocycles. The second-order valence-electron chi connectivity index (χ2n) is 14.0. The van der Waals surface area contributed by atoms with E-state index in [4.69, 9.17) is 14.2 Å². The number of carbonyl (C=O) groups excluding carboxylic acids is 6. The summed E-state index contributed by atoms with van der Waals surface area (Å²) >= 11 is 0. The van der Waals surface area contributed by atoms with Gasteiger partial charge in [-0.3, -0.25) is 44.0 Å². The molecule has 1 saturated carbocycles. The van der Waals surface area contributed by atoms with E-state index < -0.39 is 54.3 Å². The standard InChI is InChI=1S/C39H41FN10O9/c1-41-15-22-13-23-17-46-50(35(23)44-16-22)31-14-28(47-25-5-6-25)27(19-43-31)36(53)45-18-24(40)20-58-12-11-57-10-9-42-33(52)21-59-30-4-2-3-26-34(30)39(56)49(38(26)55)29-7-8-32(51)48-37(29)54/h2-4,13-14,16-17,19,24-25,29H,1,5-12,15,18,20-21H2,(H,42,52)(H,43,47)(H,45,53)(H,48,51,54). The first-order chi connectivity index (χ1) is 28.6. The van der Waals surface area contributed by atoms with Crippen LogP contribution in [0.3, 0.4) is 0 Å². The molecule has 5 heterocycles. The number of hydrogen-bond acceptors (Lipinski definition) is 14. The number of hydrogen-bond donors (Lipinski definition) is 4. The van der Waals surface area contributed by atoms with Crippen molar-refractivity contribution in [1.82, 2.24) is 40.6 Å². The van der Waals surface area contributed by atoms with E-state index in [1.165, 1.54) is 24.4 Å². The number of alkyl halides is 1. The number of aromatic nitrogens is 4. The van der Waals surface area contributed by atoms with E-state index in [2.05, 4.69) is 48.0 Å². The van der Waals surface area contributed by atoms with Gasteiger partial charge in [0.25, 0.3) is 23.6 Å². The zero-order chi connectivity index (χ0) is 41.5. The summed E-state index contributed by atoms with van der Waals surface area (Å²) in [6.45, 7) is 3.33. The fraction of sp³-hybridized carbons (Fsp3) is 0.385. The number of ether oxygens (including phenoxy) is 3. The number of nitrogens with one attached hydrogen (secondary N) is 4. The van der Waals surface area contributed by atoms with Crippen LogP contribution in [0.25, 0.3) is 16.9 Å². The molecule has 2 unspecified atom stereocenters. The summed E-state index contributed by atoms with van der Waals surface area (Å²) < 4.78 is 32.6. The quantitative estimate of drug-likeness (QED) is 0.0560. The largest absolute Gasteiger partial charge is 0.483 e. The molecule has 2 atom stereocenters. The third-order valence-corrected chi connectivity index (χ3v) is 9.56. The third kappa shape index (κ3) is 9.56. The maximum atomic E-state index is 14.7. The highest BCUT2D eigenvalue weighted by molar-refractivity contribution is 6.24. The van der Waals surface area contributed by atoms with E-state index >= 15 is 0 Å². The Morgan fingerprint density at radius 2 is 1.83 bits per heavy atom. The first-order valence-corrected chi connectivity index (χ1v) is 18.9. The van der Waals surface area contributed by atoms with Gasteiger partial charge in [0.15, 0.2) is 18.1 Å². The fourth-order valence-corrected chi connectivity index (χ4v) is 6.51. The Hall–Kier alpha value is -6.67. The van der Waals surface area contributed by atoms with Gasteiger partial charge < -0.3 is 30.2 Å². The molecule has 59 heavy (non-hydrogen) atoms. The minimum Gasteiger partial charge on any atom is -0.483 e. The average molecular weight is 813 g/mol. The predicted molar refractivity (Wildman–Crippen MR) is 207 cm³/mol. The van der Waals surface area contributed by atoms with Crippen molar-refractivity contribution < 1.29 is 47.4 Å². The molecule has 4 aromatic rings. The molecular formula is C39H41FN10O9. The molecule has 308 valence electrons. The predicted octanol–water partition coefficient (Wildman–Crippen LogP) is 1.29. The van der Waals surface area contributed by atoms with Crippen molar-refractivity contribution in [3.8, 4) is 11.6 Å². The smallest absolute Gasteiger partial charge is 0.266 e. The topological polar surface area (TPSA) is 237 Å². The summed E-state index contributed by atoms with van der Waals surface area (Å²) in [5.74, 6) is -3.21. The van der Waals surface area contributed by atoms with Gasteiger partial charge in [-0.15, -0.1) is 0 Å². The number of carbonyl (C=O) groups is 6. The van der Waals surface area contributed by atoms with Gasteiger partial charge in [-0.25, -0.2) is 14.4 Å². The van der Waals surface area contributed by atoms with Gasteiger partial charge in [-0.1, -0.05) is 6.07 Å². The molecule has 4 N–H and O–H groups in total. The normalized spacial score (nSPS) is 16.8. The van der Waals surface area contributed by atoms with Crippen molar-refractivity contribution in [3.63, 3.8) is 0 Å². The van der Waals surface area contributed by atoms with Crippen LogP contribution in [0.5, 0.6) is 5.75 Å². The lowest BCUT2D eigenvalue weighted by Crippen LogP contribution is -2.54. The molecule has 3 aliphatic rings. The van der Waals surface area contributed by atoms with Crippen molar-refractivity contribution in [2.75, 3.05) is 51.4 Å². The van der Waals surface area contributed by atoms with E-state index in [-0.39, 0.29) is 80.8 Å². The zero-order valence-corrected chi connectivity index (χ0v) is 31.8. The molecule has 2 aliphatic heterocycles. The third-order valence-electron chi connectivity index (χ3n) is 9.56. The summed E-state index contributed by atoms with van der Waals surface area (Å²) in [6.07, 6.45) is 5.24. The van der Waals surface area contributed by atoms with Crippen molar-refractivity contribution in [2.24, 2.45) is 4.99 Å². The van der Waals surface area contributed by atoms with Crippen LogP contribution < -0.4 is 26.0 Å². The molecular weight excluding hydrogens is 771 g/mol. The van der Waals surface area contributed by atoms with Crippen LogP contribution in [-0.2, 0) is 30.4 Å². The molecule has 0 spiro atoms. The van der Waals surface area contributed by atoms with Crippen LogP contribution in [0, 0.1) is 0 Å². The van der Waals surface area contributed by atoms with Crippen molar-refractivity contribution in [3.05, 3.63) is 71.2 Å². The number of nitrogens with zero attached hydrogens (tertiary/aromatic N) is 6. The number of aliphatic imine (C=N–C) groups is 1. The van der Waals surface area contributed by atoms with Crippen LogP contribution >= 0.6 is 0 Å². The van der Waals surface area contributed by atoms with Crippen molar-refractivity contribution in [2.45, 2.75) is 50.5 Å². The van der Waals surface area contributed by atoms with Gasteiger partial charge in [0.2, 0.25) is 11.8 Å². The van der Waals surface area contributed by atoms with Crippen molar-refractivity contribution in [1.29, 1.82) is 0 Å². The van der Waals surface area contributed by atoms with Crippen LogP contribution in [0.15, 0.2) is 53.9 Å². The minimum absolute atomic E-state index is 0.00115. The molecule has 19 nitrogen and oxygen atoms in total. The fourth-order valence-electron chi connectivity index (χ4n) is 6.51. The first-order valence-electron chi connectivity index (χ1n) is 18.9. The Morgan fingerprint density at radius 3 is 2.63 bits per heavy atom. The van der Waals surface area contributed by atoms with Crippen LogP contribution in [0.2, 0.25) is 0 Å². The average Bonchev–Trinajstić information content (AvgIpc) is 3.88. The van der Waals surface area contributed by atoms with Gasteiger partial charge >= 0.3 is 0 Å². The summed E-state index contributed by atoms with van der Waals surface area (Å²) in [6, 6.07) is 7.09. The number of amides is 6. The molecule has 0 radical (unpaired) electrons. The second kappa shape index (κ2) is 18.3. The number of anilines is 1. The molecule has 1 aromatic carbocycles. The Kier molecular flexibility index (Phi) is 12.6. The number of imide groups is 2. The molecule has 3 aromatic heterocycles. The monoisotopic (exact) mass is 812 g/mol. The lowest BCUT2D eigenvalue weighted by atomic mass is 10.0. The number of halogens is 1. The Bertz CT molecular complexity index is 2300. The number of rotatable bonds is 20. The lowest BCUT2D eigenvalue weighted by Gasteiger charge is -2.27. The number of fused-ring (bicyclic) bond motifs is 2. The van der Waals surface area contributed by atoms with E-state index in [1.54, 1.807) is 23.1 Å². The van der Waals surface area contributed by atoms with Gasteiger partial charge in [0.05, 0.1) is 68.1 Å². The molecule has 6 amide bonds. The minimum atomic E-state index is -1.49. The number of pyridine rings is 2. The Balaban J connectivity index is 0.789. The van der Waals surface area contributed by atoms with E-state index in [1.807, 2.05) is 6.07 Å². The molecule has 0 bridgehead atoms. The van der Waals surface area contributed by atoms with E-state index in [0.29, 0.717) is 23.7 Å². The zero-order valence-electron chi connectivity index (χ0n) is 31.8. The van der Waals surface area contributed by atoms with Gasteiger partial charge in [0, 0.05) is 42.9 Å². The first kappa shape index (κ1) is 40.5. The van der Waals surface area contributed by atoms with Gasteiger partial charge in [0.1, 0.15) is 18.0 Å². The summed E-state index contributed by atoms with van der Waals surface area (Å²) in [5, 5.41) is 15.9. The van der Waals surface area contributed by atoms with Crippen LogP contribution in [0.1, 0.15) is 62.3 Å². The highest BCUT2D eigenvalue weighted by Gasteiger charge is 2.46. The second-order valence-corrected chi connectivity index (χ2v) is 14.0. The highest BCUT2D eigenvalue weighted by atomic mass is 19.1. The lowest BCUT2D eigenvalue weighted by molar-refractivity contribution is -0.136. The molecule has 20 heteroatoms. The number of piperidine rings is 1. The summed E-state index contributed by atoms with van der Waals surface area (Å²) in [4.78, 5) is 89.2. The molecule has 7 rings (SSSR count). The van der Waals surface area contributed by atoms with Gasteiger partial charge in [-0.05, 0) is 49.7 Å². The molecule has 1 saturated heterocycles. The maximum absolute atomic E-state index is 14.7. The Morgan fingerprint density at radius 1 is 1.00 bits per heavy atom. The maximum Gasteiger partial charge on any atom is 0.266 e. The Labute approximate surface area is 336 Å². The van der Waals surface area contributed by atoms with E-state index in [0.717, 1.165) is 28.7 Å². The summed E-state index contributed by atoms with van der Waals surface area (Å²) in [7, 11) is 0. The van der Waals surface area contributed by atoms with E-state index in [9.17, 15) is 33.2 Å². The van der Waals surface area contributed by atoms with Crippen molar-refractivity contribution >= 4 is 58.9 Å².